The molecule has 1 aromatic carbocycles. The van der Waals surface area contributed by atoms with Gasteiger partial charge in [-0.15, -0.1) is 0 Å². The first-order valence-corrected chi connectivity index (χ1v) is 10.2. The van der Waals surface area contributed by atoms with E-state index in [-0.39, 0.29) is 11.8 Å². The summed E-state index contributed by atoms with van der Waals surface area (Å²) in [7, 11) is 0. The molecule has 0 aliphatic carbocycles. The molecule has 1 aromatic rings. The SMILES string of the molecule is O=C(C=Cc1ccc(Cl)cc1)N1CCN(CC(=O)N2CCCCCC2)CC1. The van der Waals surface area contributed by atoms with Crippen molar-refractivity contribution in [2.24, 2.45) is 0 Å². The molecule has 5 nitrogen and oxygen atoms in total. The van der Waals surface area contributed by atoms with Gasteiger partial charge >= 0.3 is 0 Å². The van der Waals surface area contributed by atoms with Crippen molar-refractivity contribution in [3.05, 3.63) is 40.9 Å². The molecule has 0 saturated carbocycles. The van der Waals surface area contributed by atoms with Crippen molar-refractivity contribution < 1.29 is 9.59 Å². The second-order valence-corrected chi connectivity index (χ2v) is 7.72. The predicted molar refractivity (Wildman–Crippen MR) is 109 cm³/mol. The van der Waals surface area contributed by atoms with E-state index in [1.807, 2.05) is 40.1 Å². The molecule has 0 radical (unpaired) electrons. The van der Waals surface area contributed by atoms with Gasteiger partial charge in [0, 0.05) is 50.4 Å². The highest BCUT2D eigenvalue weighted by atomic mass is 35.5. The topological polar surface area (TPSA) is 43.9 Å². The molecule has 146 valence electrons. The van der Waals surface area contributed by atoms with Crippen LogP contribution in [0.15, 0.2) is 30.3 Å². The predicted octanol–water partition coefficient (Wildman–Crippen LogP) is 2.90. The van der Waals surface area contributed by atoms with E-state index >= 15 is 0 Å². The molecule has 2 heterocycles. The van der Waals surface area contributed by atoms with Crippen LogP contribution in [-0.4, -0.2) is 72.3 Å². The van der Waals surface area contributed by atoms with Crippen molar-refractivity contribution in [3.8, 4) is 0 Å². The van der Waals surface area contributed by atoms with Crippen LogP contribution in [-0.2, 0) is 9.59 Å². The maximum absolute atomic E-state index is 12.5. The lowest BCUT2D eigenvalue weighted by molar-refractivity contribution is -0.133. The van der Waals surface area contributed by atoms with Gasteiger partial charge in [-0.1, -0.05) is 36.6 Å². The quantitative estimate of drug-likeness (QED) is 0.744. The second-order valence-electron chi connectivity index (χ2n) is 7.28. The molecule has 0 N–H and O–H groups in total. The Balaban J connectivity index is 1.43. The van der Waals surface area contributed by atoms with Crippen molar-refractivity contribution in [2.75, 3.05) is 45.8 Å². The first kappa shape index (κ1) is 19.9. The molecule has 0 aromatic heterocycles. The number of rotatable bonds is 4. The highest BCUT2D eigenvalue weighted by molar-refractivity contribution is 6.30. The normalized spacial score (nSPS) is 19.3. The lowest BCUT2D eigenvalue weighted by Crippen LogP contribution is -2.51. The number of carbonyl (C=O) groups is 2. The van der Waals surface area contributed by atoms with Crippen LogP contribution < -0.4 is 0 Å². The van der Waals surface area contributed by atoms with E-state index in [2.05, 4.69) is 4.90 Å². The average Bonchev–Trinajstić information content (AvgIpc) is 2.97. The minimum Gasteiger partial charge on any atom is -0.342 e. The fourth-order valence-electron chi connectivity index (χ4n) is 3.58. The smallest absolute Gasteiger partial charge is 0.246 e. The lowest BCUT2D eigenvalue weighted by atomic mass is 10.2. The summed E-state index contributed by atoms with van der Waals surface area (Å²) in [5.74, 6) is 0.253. The van der Waals surface area contributed by atoms with Crippen LogP contribution in [0, 0.1) is 0 Å². The number of nitrogens with zero attached hydrogens (tertiary/aromatic N) is 3. The number of likely N-dealkylation sites (tertiary alicyclic amines) is 1. The van der Waals surface area contributed by atoms with Gasteiger partial charge in [-0.25, -0.2) is 0 Å². The molecular weight excluding hydrogens is 362 g/mol. The summed E-state index contributed by atoms with van der Waals surface area (Å²) in [6, 6.07) is 7.40. The summed E-state index contributed by atoms with van der Waals surface area (Å²) in [5, 5.41) is 0.685. The van der Waals surface area contributed by atoms with Gasteiger partial charge in [-0.05, 0) is 36.6 Å². The number of piperazine rings is 1. The molecule has 6 heteroatoms. The summed E-state index contributed by atoms with van der Waals surface area (Å²) in [4.78, 5) is 30.9. The van der Waals surface area contributed by atoms with E-state index in [1.165, 1.54) is 12.8 Å². The number of hydrogen-bond acceptors (Lipinski definition) is 3. The van der Waals surface area contributed by atoms with Crippen LogP contribution in [0.3, 0.4) is 0 Å². The summed E-state index contributed by atoms with van der Waals surface area (Å²) in [5.41, 5.74) is 0.953. The fraction of sp³-hybridized carbons (Fsp3) is 0.524. The maximum atomic E-state index is 12.5. The highest BCUT2D eigenvalue weighted by Gasteiger charge is 2.23. The molecule has 0 bridgehead atoms. The van der Waals surface area contributed by atoms with Crippen molar-refractivity contribution >= 4 is 29.5 Å². The van der Waals surface area contributed by atoms with Gasteiger partial charge < -0.3 is 9.80 Å². The third-order valence-electron chi connectivity index (χ3n) is 5.29. The van der Waals surface area contributed by atoms with Gasteiger partial charge in [0.2, 0.25) is 11.8 Å². The number of hydrogen-bond donors (Lipinski definition) is 0. The zero-order valence-electron chi connectivity index (χ0n) is 15.8. The van der Waals surface area contributed by atoms with E-state index in [9.17, 15) is 9.59 Å². The first-order chi connectivity index (χ1) is 13.1. The zero-order chi connectivity index (χ0) is 19.1. The summed E-state index contributed by atoms with van der Waals surface area (Å²) >= 11 is 5.87. The van der Waals surface area contributed by atoms with Crippen LogP contribution >= 0.6 is 11.6 Å². The Morgan fingerprint density at radius 3 is 2.11 bits per heavy atom. The van der Waals surface area contributed by atoms with Crippen molar-refractivity contribution in [1.29, 1.82) is 0 Å². The minimum atomic E-state index is 0.0171. The van der Waals surface area contributed by atoms with Crippen LogP contribution in [0.25, 0.3) is 6.08 Å². The third-order valence-corrected chi connectivity index (χ3v) is 5.54. The Labute approximate surface area is 166 Å². The number of benzene rings is 1. The van der Waals surface area contributed by atoms with Crippen molar-refractivity contribution in [2.45, 2.75) is 25.7 Å². The second kappa shape index (κ2) is 9.90. The number of halogens is 1. The molecule has 0 spiro atoms. The van der Waals surface area contributed by atoms with Gasteiger partial charge in [0.1, 0.15) is 0 Å². The molecular formula is C21H28ClN3O2. The van der Waals surface area contributed by atoms with Crippen LogP contribution in [0.4, 0.5) is 0 Å². The Bertz CT molecular complexity index is 659. The van der Waals surface area contributed by atoms with Gasteiger partial charge in [0.15, 0.2) is 0 Å². The third kappa shape index (κ3) is 6.08. The van der Waals surface area contributed by atoms with Crippen LogP contribution in [0.1, 0.15) is 31.2 Å². The highest BCUT2D eigenvalue weighted by Crippen LogP contribution is 2.12. The van der Waals surface area contributed by atoms with E-state index in [0.29, 0.717) is 24.7 Å². The van der Waals surface area contributed by atoms with E-state index < -0.39 is 0 Å². The summed E-state index contributed by atoms with van der Waals surface area (Å²) in [6.07, 6.45) is 8.12. The molecule has 2 aliphatic rings. The van der Waals surface area contributed by atoms with Crippen molar-refractivity contribution in [3.63, 3.8) is 0 Å². The van der Waals surface area contributed by atoms with E-state index in [0.717, 1.165) is 44.6 Å². The van der Waals surface area contributed by atoms with Crippen LogP contribution in [0.5, 0.6) is 0 Å². The number of amides is 2. The molecule has 27 heavy (non-hydrogen) atoms. The standard InChI is InChI=1S/C21H28ClN3O2/c22-19-8-5-18(6-9-19)7-10-20(26)25-15-13-23(14-16-25)17-21(27)24-11-3-1-2-4-12-24/h5-10H,1-4,11-17H2. The fourth-order valence-corrected chi connectivity index (χ4v) is 3.71. The maximum Gasteiger partial charge on any atom is 0.246 e. The van der Waals surface area contributed by atoms with Gasteiger partial charge in [-0.3, -0.25) is 14.5 Å². The van der Waals surface area contributed by atoms with E-state index in [1.54, 1.807) is 6.08 Å². The first-order valence-electron chi connectivity index (χ1n) is 9.84. The molecule has 2 saturated heterocycles. The molecule has 0 unspecified atom stereocenters. The largest absolute Gasteiger partial charge is 0.342 e. The average molecular weight is 390 g/mol. The Morgan fingerprint density at radius 2 is 1.48 bits per heavy atom. The molecule has 2 aliphatic heterocycles. The van der Waals surface area contributed by atoms with Gasteiger partial charge in [0.25, 0.3) is 0 Å². The van der Waals surface area contributed by atoms with Crippen LogP contribution in [0.2, 0.25) is 5.02 Å². The van der Waals surface area contributed by atoms with E-state index in [4.69, 9.17) is 11.6 Å². The van der Waals surface area contributed by atoms with Crippen molar-refractivity contribution in [1.82, 2.24) is 14.7 Å². The molecule has 2 amide bonds. The minimum absolute atomic E-state index is 0.0171. The molecule has 3 rings (SSSR count). The molecule has 2 fully saturated rings. The molecule has 0 atom stereocenters. The summed E-state index contributed by atoms with van der Waals surface area (Å²) in [6.45, 7) is 5.09. The Morgan fingerprint density at radius 1 is 0.852 bits per heavy atom. The number of carbonyl (C=O) groups excluding carboxylic acids is 2. The van der Waals surface area contributed by atoms with Gasteiger partial charge in [-0.2, -0.15) is 0 Å². The monoisotopic (exact) mass is 389 g/mol. The zero-order valence-corrected chi connectivity index (χ0v) is 16.5. The Hall–Kier alpha value is -1.85. The Kier molecular flexibility index (Phi) is 7.30. The lowest BCUT2D eigenvalue weighted by Gasteiger charge is -2.34. The van der Waals surface area contributed by atoms with Gasteiger partial charge in [0.05, 0.1) is 6.54 Å². The summed E-state index contributed by atoms with van der Waals surface area (Å²) < 4.78 is 0.